The summed E-state index contributed by atoms with van der Waals surface area (Å²) in [5.74, 6) is -0.286. The third-order valence-corrected chi connectivity index (χ3v) is 4.18. The number of phenols is 1. The molecular formula is C19H24O7. The standard InChI is InChI=1S/C19H24O7/c1-25-13-9-15(21)19-16(22)10-14(26-17(19)11-13)8-12(20)6-4-2-3-5-7-18(23)24/h9-12,20-21H,2-8H2,1H3,(H,23,24)/t12-/m1/s1. The number of aromatic hydroxyl groups is 1. The smallest absolute Gasteiger partial charge is 0.303 e. The molecule has 3 N–H and O–H groups in total. The minimum absolute atomic E-state index is 0.0856. The van der Waals surface area contributed by atoms with E-state index in [1.165, 1.54) is 25.3 Å². The zero-order valence-corrected chi connectivity index (χ0v) is 14.7. The molecule has 1 atom stereocenters. The molecule has 1 heterocycles. The molecule has 1 aromatic carbocycles. The third-order valence-electron chi connectivity index (χ3n) is 4.18. The molecule has 26 heavy (non-hydrogen) atoms. The molecule has 7 nitrogen and oxygen atoms in total. The SMILES string of the molecule is COc1cc(O)c2c(=O)cc(C[C@H](O)CCCCCCC(=O)O)oc2c1. The van der Waals surface area contributed by atoms with E-state index in [-0.39, 0.29) is 35.0 Å². The lowest BCUT2D eigenvalue weighted by atomic mass is 10.0. The molecular weight excluding hydrogens is 340 g/mol. The van der Waals surface area contributed by atoms with E-state index in [1.54, 1.807) is 0 Å². The minimum atomic E-state index is -0.793. The fourth-order valence-corrected chi connectivity index (χ4v) is 2.86. The first-order valence-electron chi connectivity index (χ1n) is 8.64. The maximum atomic E-state index is 12.2. The van der Waals surface area contributed by atoms with Gasteiger partial charge in [-0.25, -0.2) is 0 Å². The third kappa shape index (κ3) is 5.49. The Morgan fingerprint density at radius 3 is 2.62 bits per heavy atom. The van der Waals surface area contributed by atoms with Gasteiger partial charge in [-0.3, -0.25) is 9.59 Å². The van der Waals surface area contributed by atoms with Crippen LogP contribution in [0.2, 0.25) is 0 Å². The van der Waals surface area contributed by atoms with Gasteiger partial charge >= 0.3 is 5.97 Å². The van der Waals surface area contributed by atoms with E-state index in [4.69, 9.17) is 14.3 Å². The number of benzene rings is 1. The summed E-state index contributed by atoms with van der Waals surface area (Å²) < 4.78 is 10.7. The molecule has 0 fully saturated rings. The van der Waals surface area contributed by atoms with Crippen LogP contribution in [0.3, 0.4) is 0 Å². The number of carbonyl (C=O) groups is 1. The van der Waals surface area contributed by atoms with Gasteiger partial charge in [-0.05, 0) is 12.8 Å². The molecule has 0 saturated heterocycles. The van der Waals surface area contributed by atoms with Crippen molar-refractivity contribution in [2.75, 3.05) is 7.11 Å². The van der Waals surface area contributed by atoms with Crippen molar-refractivity contribution in [1.29, 1.82) is 0 Å². The molecule has 2 aromatic rings. The molecule has 0 aliphatic rings. The van der Waals surface area contributed by atoms with Gasteiger partial charge in [0.2, 0.25) is 0 Å². The summed E-state index contributed by atoms with van der Waals surface area (Å²) in [5.41, 5.74) is -0.160. The van der Waals surface area contributed by atoms with Crippen molar-refractivity contribution in [3.63, 3.8) is 0 Å². The second-order valence-electron chi connectivity index (χ2n) is 6.30. The maximum absolute atomic E-state index is 12.2. The number of phenolic OH excluding ortho intramolecular Hbond substituents is 1. The van der Waals surface area contributed by atoms with E-state index in [0.29, 0.717) is 24.4 Å². The van der Waals surface area contributed by atoms with Crippen molar-refractivity contribution in [3.8, 4) is 11.5 Å². The largest absolute Gasteiger partial charge is 0.507 e. The van der Waals surface area contributed by atoms with E-state index in [0.717, 1.165) is 19.3 Å². The summed E-state index contributed by atoms with van der Waals surface area (Å²) in [6.07, 6.45) is 3.30. The molecule has 0 amide bonds. The van der Waals surface area contributed by atoms with Gasteiger partial charge in [0.25, 0.3) is 0 Å². The van der Waals surface area contributed by atoms with E-state index in [9.17, 15) is 19.8 Å². The van der Waals surface area contributed by atoms with Crippen LogP contribution in [0, 0.1) is 0 Å². The zero-order chi connectivity index (χ0) is 19.1. The van der Waals surface area contributed by atoms with Crippen molar-refractivity contribution in [1.82, 2.24) is 0 Å². The first-order chi connectivity index (χ1) is 12.4. The van der Waals surface area contributed by atoms with Crippen molar-refractivity contribution in [2.24, 2.45) is 0 Å². The van der Waals surface area contributed by atoms with Gasteiger partial charge in [-0.2, -0.15) is 0 Å². The van der Waals surface area contributed by atoms with Gasteiger partial charge in [0.05, 0.1) is 13.2 Å². The Kier molecular flexibility index (Phi) is 7.03. The molecule has 142 valence electrons. The van der Waals surface area contributed by atoms with E-state index < -0.39 is 12.1 Å². The van der Waals surface area contributed by atoms with Crippen LogP contribution in [0.4, 0.5) is 0 Å². The molecule has 1 aromatic heterocycles. The van der Waals surface area contributed by atoms with Crippen molar-refractivity contribution < 1.29 is 29.3 Å². The Balaban J connectivity index is 1.95. The van der Waals surface area contributed by atoms with Crippen LogP contribution in [-0.2, 0) is 11.2 Å². The summed E-state index contributed by atoms with van der Waals surface area (Å²) in [6, 6.07) is 4.15. The molecule has 0 radical (unpaired) electrons. The Morgan fingerprint density at radius 1 is 1.19 bits per heavy atom. The first kappa shape index (κ1) is 19.8. The first-order valence-corrected chi connectivity index (χ1v) is 8.64. The number of carboxylic acids is 1. The normalized spacial score (nSPS) is 12.2. The molecule has 0 aliphatic carbocycles. The van der Waals surface area contributed by atoms with E-state index >= 15 is 0 Å². The quantitative estimate of drug-likeness (QED) is 0.555. The van der Waals surface area contributed by atoms with Crippen LogP contribution >= 0.6 is 0 Å². The van der Waals surface area contributed by atoms with Crippen LogP contribution in [0.15, 0.2) is 27.4 Å². The Morgan fingerprint density at radius 2 is 1.92 bits per heavy atom. The summed E-state index contributed by atoms with van der Waals surface area (Å²) >= 11 is 0. The Labute approximate surface area is 150 Å². The Hall–Kier alpha value is -2.54. The predicted molar refractivity (Wildman–Crippen MR) is 95.7 cm³/mol. The number of methoxy groups -OCH3 is 1. The van der Waals surface area contributed by atoms with Crippen LogP contribution in [0.5, 0.6) is 11.5 Å². The number of aliphatic hydroxyl groups excluding tert-OH is 1. The number of fused-ring (bicyclic) bond motifs is 1. The Bertz CT molecular complexity index is 809. The predicted octanol–water partition coefficient (Wildman–Crippen LogP) is 2.84. The molecule has 7 heteroatoms. The summed E-state index contributed by atoms with van der Waals surface area (Å²) in [5, 5.41) is 28.7. The van der Waals surface area contributed by atoms with E-state index in [1.807, 2.05) is 0 Å². The topological polar surface area (TPSA) is 117 Å². The lowest BCUT2D eigenvalue weighted by molar-refractivity contribution is -0.137. The number of unbranched alkanes of at least 4 members (excludes halogenated alkanes) is 3. The van der Waals surface area contributed by atoms with Gasteiger partial charge in [-0.1, -0.05) is 19.3 Å². The molecule has 0 unspecified atom stereocenters. The summed E-state index contributed by atoms with van der Waals surface area (Å²) in [4.78, 5) is 22.6. The van der Waals surface area contributed by atoms with Gasteiger partial charge in [-0.15, -0.1) is 0 Å². The van der Waals surface area contributed by atoms with Crippen LogP contribution < -0.4 is 10.2 Å². The number of hydrogen-bond donors (Lipinski definition) is 3. The molecule has 0 bridgehead atoms. The molecule has 0 saturated carbocycles. The summed E-state index contributed by atoms with van der Waals surface area (Å²) in [7, 11) is 1.45. The monoisotopic (exact) mass is 364 g/mol. The number of aliphatic hydroxyl groups is 1. The molecule has 2 rings (SSSR count). The molecule has 0 aliphatic heterocycles. The lowest BCUT2D eigenvalue weighted by Crippen LogP contribution is -2.12. The van der Waals surface area contributed by atoms with Crippen molar-refractivity contribution in [3.05, 3.63) is 34.2 Å². The number of aliphatic carboxylic acids is 1. The highest BCUT2D eigenvalue weighted by atomic mass is 16.5. The highest BCUT2D eigenvalue weighted by Crippen LogP contribution is 2.28. The minimum Gasteiger partial charge on any atom is -0.507 e. The average Bonchev–Trinajstić information content (AvgIpc) is 2.56. The number of carboxylic acid groups (broad SMARTS) is 1. The summed E-state index contributed by atoms with van der Waals surface area (Å²) in [6.45, 7) is 0. The van der Waals surface area contributed by atoms with Crippen molar-refractivity contribution in [2.45, 2.75) is 51.0 Å². The van der Waals surface area contributed by atoms with E-state index in [2.05, 4.69) is 0 Å². The fourth-order valence-electron chi connectivity index (χ4n) is 2.86. The van der Waals surface area contributed by atoms with Gasteiger partial charge in [0.15, 0.2) is 5.43 Å². The lowest BCUT2D eigenvalue weighted by Gasteiger charge is -2.11. The average molecular weight is 364 g/mol. The highest BCUT2D eigenvalue weighted by molar-refractivity contribution is 5.84. The van der Waals surface area contributed by atoms with Crippen molar-refractivity contribution >= 4 is 16.9 Å². The highest BCUT2D eigenvalue weighted by Gasteiger charge is 2.14. The van der Waals surface area contributed by atoms with Crippen LogP contribution in [0.25, 0.3) is 11.0 Å². The number of hydrogen-bond acceptors (Lipinski definition) is 6. The maximum Gasteiger partial charge on any atom is 0.303 e. The number of rotatable bonds is 10. The molecule has 0 spiro atoms. The van der Waals surface area contributed by atoms with Crippen LogP contribution in [0.1, 0.15) is 44.3 Å². The van der Waals surface area contributed by atoms with Gasteiger partial charge in [0.1, 0.15) is 28.2 Å². The zero-order valence-electron chi connectivity index (χ0n) is 14.7. The second kappa shape index (κ2) is 9.24. The van der Waals surface area contributed by atoms with Crippen LogP contribution in [-0.4, -0.2) is 34.5 Å². The fraction of sp³-hybridized carbons (Fsp3) is 0.474. The second-order valence-corrected chi connectivity index (χ2v) is 6.30. The van der Waals surface area contributed by atoms with Gasteiger partial charge < -0.3 is 24.5 Å². The van der Waals surface area contributed by atoms with Gasteiger partial charge in [0, 0.05) is 31.0 Å². The number of ether oxygens (including phenoxy) is 1.